The fourth-order valence-electron chi connectivity index (χ4n) is 2.41. The summed E-state index contributed by atoms with van der Waals surface area (Å²) in [6.07, 6.45) is 5.24. The smallest absolute Gasteiger partial charge is 0.191 e. The summed E-state index contributed by atoms with van der Waals surface area (Å²) >= 11 is 0. The minimum atomic E-state index is -0.205. The molecule has 1 fully saturated rings. The quantitative estimate of drug-likeness (QED) is 0.519. The van der Waals surface area contributed by atoms with Gasteiger partial charge in [0.05, 0.1) is 12.6 Å². The van der Waals surface area contributed by atoms with Crippen molar-refractivity contribution in [1.29, 1.82) is 0 Å². The highest BCUT2D eigenvalue weighted by Gasteiger charge is 2.35. The molecule has 0 bridgehead atoms. The monoisotopic (exact) mass is 255 g/mol. The summed E-state index contributed by atoms with van der Waals surface area (Å²) in [6, 6.07) is 0. The van der Waals surface area contributed by atoms with Gasteiger partial charge in [-0.15, -0.1) is 0 Å². The van der Waals surface area contributed by atoms with E-state index >= 15 is 0 Å². The summed E-state index contributed by atoms with van der Waals surface area (Å²) < 4.78 is 0. The first-order valence-electron chi connectivity index (χ1n) is 7.32. The summed E-state index contributed by atoms with van der Waals surface area (Å²) in [5.74, 6) is 0.873. The molecule has 0 aromatic rings. The lowest BCUT2D eigenvalue weighted by atomic mass is 9.73. The van der Waals surface area contributed by atoms with Crippen LogP contribution < -0.4 is 10.6 Å². The number of guanidine groups is 1. The highest BCUT2D eigenvalue weighted by Crippen LogP contribution is 2.36. The van der Waals surface area contributed by atoms with Crippen LogP contribution >= 0.6 is 0 Å². The van der Waals surface area contributed by atoms with E-state index in [4.69, 9.17) is 0 Å². The molecule has 1 saturated carbocycles. The average molecular weight is 255 g/mol. The van der Waals surface area contributed by atoms with E-state index in [2.05, 4.69) is 36.4 Å². The normalized spacial score (nSPS) is 29.1. The van der Waals surface area contributed by atoms with Gasteiger partial charge in [-0.3, -0.25) is 4.99 Å². The van der Waals surface area contributed by atoms with Gasteiger partial charge in [0.15, 0.2) is 5.96 Å². The minimum Gasteiger partial charge on any atom is -0.392 e. The van der Waals surface area contributed by atoms with E-state index in [1.165, 1.54) is 6.42 Å². The van der Waals surface area contributed by atoms with E-state index in [-0.39, 0.29) is 11.5 Å². The Kier molecular flexibility index (Phi) is 6.47. The van der Waals surface area contributed by atoms with E-state index in [0.29, 0.717) is 6.54 Å². The fraction of sp³-hybridized carbons (Fsp3) is 0.929. The van der Waals surface area contributed by atoms with Crippen LogP contribution in [0.3, 0.4) is 0 Å². The van der Waals surface area contributed by atoms with Gasteiger partial charge in [0.2, 0.25) is 0 Å². The van der Waals surface area contributed by atoms with Crippen molar-refractivity contribution in [2.24, 2.45) is 10.4 Å². The van der Waals surface area contributed by atoms with Crippen molar-refractivity contribution in [3.8, 4) is 0 Å². The molecule has 0 aromatic heterocycles. The zero-order valence-electron chi connectivity index (χ0n) is 12.1. The number of aliphatic hydroxyl groups excluding tert-OH is 1. The van der Waals surface area contributed by atoms with Crippen molar-refractivity contribution in [3.05, 3.63) is 0 Å². The van der Waals surface area contributed by atoms with Gasteiger partial charge >= 0.3 is 0 Å². The molecule has 0 aliphatic heterocycles. The predicted octanol–water partition coefficient (Wildman–Crippen LogP) is 1.89. The van der Waals surface area contributed by atoms with E-state index in [1.54, 1.807) is 0 Å². The SMILES string of the molecule is CCCNC(=NCC1(C)CCCCC1O)NCC. The van der Waals surface area contributed by atoms with Gasteiger partial charge in [0.25, 0.3) is 0 Å². The molecule has 0 heterocycles. The second kappa shape index (κ2) is 7.62. The van der Waals surface area contributed by atoms with Gasteiger partial charge in [-0.25, -0.2) is 0 Å². The standard InChI is InChI=1S/C14H29N3O/c1-4-10-16-13(15-5-2)17-11-14(3)9-7-6-8-12(14)18/h12,18H,4-11H2,1-3H3,(H2,15,16,17). The number of aliphatic hydroxyl groups is 1. The van der Waals surface area contributed by atoms with Crippen LogP contribution in [0.5, 0.6) is 0 Å². The maximum absolute atomic E-state index is 10.1. The summed E-state index contributed by atoms with van der Waals surface area (Å²) in [7, 11) is 0. The predicted molar refractivity (Wildman–Crippen MR) is 76.9 cm³/mol. The molecule has 1 aliphatic rings. The number of hydrogen-bond acceptors (Lipinski definition) is 2. The second-order valence-corrected chi connectivity index (χ2v) is 5.54. The molecule has 0 amide bonds. The molecule has 0 radical (unpaired) electrons. The third-order valence-electron chi connectivity index (χ3n) is 3.76. The Balaban J connectivity index is 2.56. The van der Waals surface area contributed by atoms with Gasteiger partial charge in [0, 0.05) is 18.5 Å². The first-order chi connectivity index (χ1) is 8.62. The van der Waals surface area contributed by atoms with Gasteiger partial charge in [0.1, 0.15) is 0 Å². The molecule has 4 nitrogen and oxygen atoms in total. The third kappa shape index (κ3) is 4.48. The zero-order chi connectivity index (χ0) is 13.4. The Hall–Kier alpha value is -0.770. The van der Waals surface area contributed by atoms with Crippen molar-refractivity contribution in [1.82, 2.24) is 10.6 Å². The van der Waals surface area contributed by atoms with E-state index in [1.807, 2.05) is 0 Å². The summed E-state index contributed by atoms with van der Waals surface area (Å²) in [5.41, 5.74) is -0.0488. The maximum Gasteiger partial charge on any atom is 0.191 e. The van der Waals surface area contributed by atoms with Crippen LogP contribution in [-0.4, -0.2) is 36.8 Å². The number of nitrogens with zero attached hydrogens (tertiary/aromatic N) is 1. The first kappa shape index (κ1) is 15.3. The summed E-state index contributed by atoms with van der Waals surface area (Å²) in [5, 5.41) is 16.7. The Morgan fingerprint density at radius 3 is 2.72 bits per heavy atom. The van der Waals surface area contributed by atoms with Crippen molar-refractivity contribution in [2.75, 3.05) is 19.6 Å². The average Bonchev–Trinajstić information content (AvgIpc) is 2.37. The van der Waals surface area contributed by atoms with Crippen molar-refractivity contribution < 1.29 is 5.11 Å². The molecule has 1 aliphatic carbocycles. The van der Waals surface area contributed by atoms with Gasteiger partial charge < -0.3 is 15.7 Å². The van der Waals surface area contributed by atoms with Crippen LogP contribution in [-0.2, 0) is 0 Å². The molecular weight excluding hydrogens is 226 g/mol. The maximum atomic E-state index is 10.1. The van der Waals surface area contributed by atoms with Gasteiger partial charge in [-0.05, 0) is 26.2 Å². The van der Waals surface area contributed by atoms with Gasteiger partial charge in [-0.2, -0.15) is 0 Å². The van der Waals surface area contributed by atoms with Gasteiger partial charge in [-0.1, -0.05) is 26.7 Å². The van der Waals surface area contributed by atoms with E-state index in [0.717, 1.165) is 44.7 Å². The van der Waals surface area contributed by atoms with Crippen LogP contribution in [0, 0.1) is 5.41 Å². The fourth-order valence-corrected chi connectivity index (χ4v) is 2.41. The highest BCUT2D eigenvalue weighted by molar-refractivity contribution is 5.79. The van der Waals surface area contributed by atoms with Crippen molar-refractivity contribution in [2.45, 2.75) is 59.0 Å². The van der Waals surface area contributed by atoms with Crippen LogP contribution in [0.4, 0.5) is 0 Å². The molecule has 0 saturated heterocycles. The Bertz CT molecular complexity index is 268. The number of aliphatic imine (C=N–C) groups is 1. The number of rotatable bonds is 5. The van der Waals surface area contributed by atoms with E-state index < -0.39 is 0 Å². The molecule has 2 atom stereocenters. The molecular formula is C14H29N3O. The van der Waals surface area contributed by atoms with Crippen molar-refractivity contribution in [3.63, 3.8) is 0 Å². The Morgan fingerprint density at radius 1 is 1.33 bits per heavy atom. The van der Waals surface area contributed by atoms with Crippen LogP contribution in [0.1, 0.15) is 52.9 Å². The van der Waals surface area contributed by atoms with Crippen molar-refractivity contribution >= 4 is 5.96 Å². The van der Waals surface area contributed by atoms with Crippen LogP contribution in [0.2, 0.25) is 0 Å². The summed E-state index contributed by atoms with van der Waals surface area (Å²) in [6.45, 7) is 8.87. The Morgan fingerprint density at radius 2 is 2.11 bits per heavy atom. The molecule has 0 spiro atoms. The lowest BCUT2D eigenvalue weighted by molar-refractivity contribution is 0.00716. The molecule has 0 aromatic carbocycles. The van der Waals surface area contributed by atoms with Crippen LogP contribution in [0.15, 0.2) is 4.99 Å². The molecule has 4 heteroatoms. The highest BCUT2D eigenvalue weighted by atomic mass is 16.3. The lowest BCUT2D eigenvalue weighted by Crippen LogP contribution is -2.41. The Labute approximate surface area is 111 Å². The molecule has 1 rings (SSSR count). The number of hydrogen-bond donors (Lipinski definition) is 3. The summed E-state index contributed by atoms with van der Waals surface area (Å²) in [4.78, 5) is 4.63. The molecule has 3 N–H and O–H groups in total. The lowest BCUT2D eigenvalue weighted by Gasteiger charge is -2.37. The minimum absolute atomic E-state index is 0.0488. The second-order valence-electron chi connectivity index (χ2n) is 5.54. The van der Waals surface area contributed by atoms with Crippen LogP contribution in [0.25, 0.3) is 0 Å². The molecule has 18 heavy (non-hydrogen) atoms. The largest absolute Gasteiger partial charge is 0.392 e. The molecule has 2 unspecified atom stereocenters. The topological polar surface area (TPSA) is 56.7 Å². The zero-order valence-corrected chi connectivity index (χ0v) is 12.1. The number of nitrogens with one attached hydrogen (secondary N) is 2. The first-order valence-corrected chi connectivity index (χ1v) is 7.32. The van der Waals surface area contributed by atoms with E-state index in [9.17, 15) is 5.11 Å². The molecule has 106 valence electrons. The third-order valence-corrected chi connectivity index (χ3v) is 3.76.